The highest BCUT2D eigenvalue weighted by Gasteiger charge is 2.41. The van der Waals surface area contributed by atoms with Crippen LogP contribution in [0.15, 0.2) is 35.3 Å². The second kappa shape index (κ2) is 22.0. The van der Waals surface area contributed by atoms with Gasteiger partial charge in [-0.3, -0.25) is 33.8 Å². The standard InChI is InChI=1S/C39H62N10O6/c1-2-28-34(51)46-29(18-12-22-44-39(41)42)37(54)48-23-13-19-31(48)35(52)43-21-11-6-4-3-5-10-17-27(40)33(50)47-30(25-26-15-8-7-9-16-26)38(55)49-24-14-20-32(49)36(53)45-28/h7-9,15-16,27-32H,2-6,10-14,17-25,40H2,1H3,(H,43,52)(H,45,53)(H,46,51)(H,47,50)(H4,41,42,44)/t27-,28-,29-,30-,31-,32-/m0/s1. The number of benzene rings is 1. The third kappa shape index (κ3) is 12.9. The van der Waals surface area contributed by atoms with E-state index in [1.165, 1.54) is 4.90 Å². The van der Waals surface area contributed by atoms with Crippen LogP contribution in [0.3, 0.4) is 0 Å². The Hall–Kier alpha value is -4.73. The minimum atomic E-state index is -1.01. The van der Waals surface area contributed by atoms with Crippen molar-refractivity contribution in [2.24, 2.45) is 22.2 Å². The molecule has 55 heavy (non-hydrogen) atoms. The molecular formula is C39H62N10O6. The molecule has 6 atom stereocenters. The average molecular weight is 767 g/mol. The van der Waals surface area contributed by atoms with Gasteiger partial charge < -0.3 is 48.3 Å². The number of amides is 6. The van der Waals surface area contributed by atoms with Gasteiger partial charge in [-0.25, -0.2) is 0 Å². The Balaban J connectivity index is 1.56. The number of nitrogens with one attached hydrogen (secondary N) is 4. The highest BCUT2D eigenvalue weighted by atomic mass is 16.2. The van der Waals surface area contributed by atoms with E-state index < -0.39 is 59.9 Å². The molecule has 0 saturated carbocycles. The van der Waals surface area contributed by atoms with Gasteiger partial charge in [0, 0.05) is 32.6 Å². The molecule has 16 heteroatoms. The number of fused-ring (bicyclic) bond motifs is 2. The second-order valence-corrected chi connectivity index (χ2v) is 14.9. The van der Waals surface area contributed by atoms with Crippen molar-refractivity contribution >= 4 is 41.4 Å². The maximum absolute atomic E-state index is 14.2. The van der Waals surface area contributed by atoms with Crippen LogP contribution >= 0.6 is 0 Å². The van der Waals surface area contributed by atoms with Crippen molar-refractivity contribution in [1.82, 2.24) is 31.1 Å². The van der Waals surface area contributed by atoms with Crippen LogP contribution in [-0.2, 0) is 35.2 Å². The minimum absolute atomic E-state index is 0.0862. The van der Waals surface area contributed by atoms with Gasteiger partial charge in [0.15, 0.2) is 5.96 Å². The molecule has 4 rings (SSSR count). The van der Waals surface area contributed by atoms with E-state index in [1.54, 1.807) is 11.8 Å². The monoisotopic (exact) mass is 766 g/mol. The van der Waals surface area contributed by atoms with Crippen LogP contribution in [0.5, 0.6) is 0 Å². The van der Waals surface area contributed by atoms with Gasteiger partial charge >= 0.3 is 0 Å². The molecule has 6 amide bonds. The topological polar surface area (TPSA) is 247 Å². The lowest BCUT2D eigenvalue weighted by Gasteiger charge is -2.31. The first-order valence-corrected chi connectivity index (χ1v) is 20.1. The van der Waals surface area contributed by atoms with E-state index in [1.807, 2.05) is 30.3 Å². The predicted molar refractivity (Wildman–Crippen MR) is 209 cm³/mol. The molecule has 0 aromatic heterocycles. The molecule has 3 aliphatic rings. The molecule has 10 N–H and O–H groups in total. The Morgan fingerprint density at radius 1 is 0.691 bits per heavy atom. The second-order valence-electron chi connectivity index (χ2n) is 14.9. The summed E-state index contributed by atoms with van der Waals surface area (Å²) in [4.78, 5) is 89.5. The van der Waals surface area contributed by atoms with E-state index in [-0.39, 0.29) is 43.6 Å². The van der Waals surface area contributed by atoms with E-state index in [0.717, 1.165) is 44.1 Å². The summed E-state index contributed by atoms with van der Waals surface area (Å²) in [6.07, 6.45) is 8.88. The molecule has 1 aromatic carbocycles. The summed E-state index contributed by atoms with van der Waals surface area (Å²) in [5.41, 5.74) is 18.2. The Morgan fingerprint density at radius 2 is 1.27 bits per heavy atom. The summed E-state index contributed by atoms with van der Waals surface area (Å²) in [5.74, 6) is -2.55. The summed E-state index contributed by atoms with van der Waals surface area (Å²) < 4.78 is 0. The lowest BCUT2D eigenvalue weighted by atomic mass is 10.0. The van der Waals surface area contributed by atoms with Gasteiger partial charge in [0.25, 0.3) is 0 Å². The van der Waals surface area contributed by atoms with Crippen molar-refractivity contribution in [3.63, 3.8) is 0 Å². The van der Waals surface area contributed by atoms with Crippen LogP contribution in [-0.4, -0.2) is 114 Å². The summed E-state index contributed by atoms with van der Waals surface area (Å²) in [7, 11) is 0. The van der Waals surface area contributed by atoms with Crippen LogP contribution in [0.25, 0.3) is 0 Å². The number of aliphatic imine (C=N–C) groups is 1. The fraction of sp³-hybridized carbons (Fsp3) is 0.667. The smallest absolute Gasteiger partial charge is 0.246 e. The number of hydrogen-bond acceptors (Lipinski definition) is 8. The molecule has 1 aromatic rings. The van der Waals surface area contributed by atoms with Gasteiger partial charge in [0.1, 0.15) is 30.2 Å². The zero-order valence-electron chi connectivity index (χ0n) is 32.3. The fourth-order valence-electron chi connectivity index (χ4n) is 7.65. The highest BCUT2D eigenvalue weighted by molar-refractivity contribution is 5.97. The molecule has 0 spiro atoms. The quantitative estimate of drug-likeness (QED) is 0.115. The third-order valence-electron chi connectivity index (χ3n) is 10.8. The largest absolute Gasteiger partial charge is 0.370 e. The number of carbonyl (C=O) groups excluding carboxylic acids is 6. The lowest BCUT2D eigenvalue weighted by Crippen LogP contribution is -2.59. The average Bonchev–Trinajstić information content (AvgIpc) is 3.87. The molecule has 0 bridgehead atoms. The van der Waals surface area contributed by atoms with Gasteiger partial charge in [-0.1, -0.05) is 69.4 Å². The van der Waals surface area contributed by atoms with Gasteiger partial charge in [0.05, 0.1) is 6.04 Å². The third-order valence-corrected chi connectivity index (χ3v) is 10.8. The van der Waals surface area contributed by atoms with Gasteiger partial charge in [0.2, 0.25) is 35.4 Å². The summed E-state index contributed by atoms with van der Waals surface area (Å²) in [6.45, 7) is 3.16. The van der Waals surface area contributed by atoms with Crippen molar-refractivity contribution in [3.05, 3.63) is 35.9 Å². The number of nitrogens with zero attached hydrogens (tertiary/aromatic N) is 3. The van der Waals surface area contributed by atoms with Crippen LogP contribution in [0.4, 0.5) is 0 Å². The zero-order chi connectivity index (χ0) is 39.7. The number of nitrogens with two attached hydrogens (primary N) is 3. The van der Waals surface area contributed by atoms with E-state index >= 15 is 0 Å². The van der Waals surface area contributed by atoms with Crippen LogP contribution in [0.2, 0.25) is 0 Å². The normalized spacial score (nSPS) is 27.3. The molecule has 3 heterocycles. The van der Waals surface area contributed by atoms with E-state index in [0.29, 0.717) is 58.2 Å². The maximum atomic E-state index is 14.2. The van der Waals surface area contributed by atoms with Crippen molar-refractivity contribution in [2.45, 2.75) is 139 Å². The molecule has 3 fully saturated rings. The zero-order valence-corrected chi connectivity index (χ0v) is 32.3. The van der Waals surface area contributed by atoms with Gasteiger partial charge in [-0.05, 0) is 63.4 Å². The fourth-order valence-corrected chi connectivity index (χ4v) is 7.65. The Kier molecular flexibility index (Phi) is 17.2. The van der Waals surface area contributed by atoms with Crippen molar-refractivity contribution in [3.8, 4) is 0 Å². The number of guanidine groups is 1. The Labute approximate surface area is 324 Å². The molecule has 0 aliphatic carbocycles. The summed E-state index contributed by atoms with van der Waals surface area (Å²) in [6, 6.07) is 4.11. The summed E-state index contributed by atoms with van der Waals surface area (Å²) in [5, 5.41) is 11.6. The molecule has 304 valence electrons. The van der Waals surface area contributed by atoms with Gasteiger partial charge in [-0.2, -0.15) is 0 Å². The molecular weight excluding hydrogens is 704 g/mol. The van der Waals surface area contributed by atoms with Gasteiger partial charge in [-0.15, -0.1) is 0 Å². The number of carbonyl (C=O) groups is 6. The first-order chi connectivity index (χ1) is 26.5. The lowest BCUT2D eigenvalue weighted by molar-refractivity contribution is -0.143. The molecule has 0 radical (unpaired) electrons. The van der Waals surface area contributed by atoms with Crippen molar-refractivity contribution in [2.75, 3.05) is 26.2 Å². The van der Waals surface area contributed by atoms with Crippen molar-refractivity contribution in [1.29, 1.82) is 0 Å². The molecule has 3 saturated heterocycles. The molecule has 16 nitrogen and oxygen atoms in total. The minimum Gasteiger partial charge on any atom is -0.370 e. The SMILES string of the molecule is CC[C@@H]1NC(=O)[C@@H]2CCCN2C(=O)[C@H](Cc2ccccc2)NC(=O)[C@@H](N)CCCCCCCCNC(=O)[C@@H]2CCCN2C(=O)[C@H](CCCN=C(N)N)NC1=O. The van der Waals surface area contributed by atoms with E-state index in [9.17, 15) is 28.8 Å². The Bertz CT molecular complexity index is 1490. The maximum Gasteiger partial charge on any atom is 0.246 e. The molecule has 3 aliphatic heterocycles. The van der Waals surface area contributed by atoms with Crippen LogP contribution in [0.1, 0.15) is 102 Å². The molecule has 0 unspecified atom stereocenters. The first-order valence-electron chi connectivity index (χ1n) is 20.1. The predicted octanol–water partition coefficient (Wildman–Crippen LogP) is 0.317. The van der Waals surface area contributed by atoms with Crippen molar-refractivity contribution < 1.29 is 28.8 Å². The van der Waals surface area contributed by atoms with E-state index in [2.05, 4.69) is 26.3 Å². The Morgan fingerprint density at radius 3 is 1.93 bits per heavy atom. The van der Waals surface area contributed by atoms with Crippen LogP contribution < -0.4 is 38.5 Å². The number of rotatable bonds is 7. The van der Waals surface area contributed by atoms with Crippen LogP contribution in [0, 0.1) is 0 Å². The number of hydrogen-bond donors (Lipinski definition) is 7. The first kappa shape index (κ1) is 43.0. The van der Waals surface area contributed by atoms with E-state index in [4.69, 9.17) is 17.2 Å². The summed E-state index contributed by atoms with van der Waals surface area (Å²) >= 11 is 0. The highest BCUT2D eigenvalue weighted by Crippen LogP contribution is 2.22.